The van der Waals surface area contributed by atoms with E-state index >= 15 is 0 Å². The van der Waals surface area contributed by atoms with Crippen molar-refractivity contribution in [2.45, 2.75) is 27.3 Å². The second-order valence-corrected chi connectivity index (χ2v) is 4.84. The minimum absolute atomic E-state index is 0.500. The van der Waals surface area contributed by atoms with Crippen molar-refractivity contribution < 1.29 is 0 Å². The lowest BCUT2D eigenvalue weighted by atomic mass is 10.2. The third kappa shape index (κ3) is 2.48. The minimum atomic E-state index is 0.500. The van der Waals surface area contributed by atoms with Crippen LogP contribution in [0, 0.1) is 20.8 Å². The maximum atomic E-state index is 6.05. The highest BCUT2D eigenvalue weighted by Crippen LogP contribution is 2.21. The Balaban J connectivity index is 2.19. The zero-order valence-electron chi connectivity index (χ0n) is 11.1. The molecular weight excluding hydrogens is 248 g/mol. The van der Waals surface area contributed by atoms with E-state index in [1.807, 2.05) is 31.6 Å². The SMILES string of the molecule is Cc1cnc(Cl)c(NCc2c(C)nn(C)c2C)c1. The fraction of sp³-hybridized carbons (Fsp3) is 0.385. The van der Waals surface area contributed by atoms with Crippen LogP contribution < -0.4 is 5.32 Å². The van der Waals surface area contributed by atoms with E-state index in [0.717, 1.165) is 22.6 Å². The van der Waals surface area contributed by atoms with Crippen molar-refractivity contribution in [1.29, 1.82) is 0 Å². The van der Waals surface area contributed by atoms with Gasteiger partial charge in [-0.05, 0) is 32.4 Å². The Hall–Kier alpha value is -1.55. The van der Waals surface area contributed by atoms with E-state index in [1.165, 1.54) is 5.56 Å². The second kappa shape index (κ2) is 4.98. The number of rotatable bonds is 3. The molecule has 2 aromatic rings. The monoisotopic (exact) mass is 264 g/mol. The molecule has 0 aromatic carbocycles. The van der Waals surface area contributed by atoms with Crippen molar-refractivity contribution in [3.63, 3.8) is 0 Å². The molecule has 0 aliphatic rings. The molecule has 0 bridgehead atoms. The molecule has 0 atom stereocenters. The van der Waals surface area contributed by atoms with E-state index in [2.05, 4.69) is 22.3 Å². The normalized spacial score (nSPS) is 10.7. The molecule has 2 rings (SSSR count). The van der Waals surface area contributed by atoms with Crippen molar-refractivity contribution in [3.8, 4) is 0 Å². The highest BCUT2D eigenvalue weighted by Gasteiger charge is 2.10. The molecule has 0 aliphatic carbocycles. The first-order chi connectivity index (χ1) is 8.49. The number of hydrogen-bond acceptors (Lipinski definition) is 3. The molecule has 0 aliphatic heterocycles. The Morgan fingerprint density at radius 1 is 1.33 bits per heavy atom. The number of aromatic nitrogens is 3. The number of anilines is 1. The van der Waals surface area contributed by atoms with Crippen molar-refractivity contribution >= 4 is 17.3 Å². The Bertz CT molecular complexity index is 575. The summed E-state index contributed by atoms with van der Waals surface area (Å²) in [6, 6.07) is 2.00. The van der Waals surface area contributed by atoms with E-state index in [4.69, 9.17) is 11.6 Å². The highest BCUT2D eigenvalue weighted by molar-refractivity contribution is 6.31. The summed E-state index contributed by atoms with van der Waals surface area (Å²) in [7, 11) is 1.95. The van der Waals surface area contributed by atoms with Crippen molar-refractivity contribution in [2.75, 3.05) is 5.32 Å². The number of pyridine rings is 1. The largest absolute Gasteiger partial charge is 0.378 e. The number of nitrogens with one attached hydrogen (secondary N) is 1. The maximum Gasteiger partial charge on any atom is 0.152 e. The van der Waals surface area contributed by atoms with Crippen LogP contribution in [0.1, 0.15) is 22.5 Å². The van der Waals surface area contributed by atoms with Crippen molar-refractivity contribution in [2.24, 2.45) is 7.05 Å². The zero-order chi connectivity index (χ0) is 13.3. The Kier molecular flexibility index (Phi) is 3.57. The van der Waals surface area contributed by atoms with Crippen LogP contribution in [0.4, 0.5) is 5.69 Å². The molecule has 18 heavy (non-hydrogen) atoms. The van der Waals surface area contributed by atoms with Gasteiger partial charge >= 0.3 is 0 Å². The molecular formula is C13H17ClN4. The number of halogens is 1. The second-order valence-electron chi connectivity index (χ2n) is 4.48. The van der Waals surface area contributed by atoms with Crippen LogP contribution in [0.15, 0.2) is 12.3 Å². The van der Waals surface area contributed by atoms with Crippen LogP contribution in [0.5, 0.6) is 0 Å². The predicted molar refractivity (Wildman–Crippen MR) is 74.0 cm³/mol. The van der Waals surface area contributed by atoms with E-state index in [1.54, 1.807) is 6.20 Å². The van der Waals surface area contributed by atoms with Gasteiger partial charge in [0.2, 0.25) is 0 Å². The van der Waals surface area contributed by atoms with Crippen LogP contribution in [-0.2, 0) is 13.6 Å². The molecule has 0 fully saturated rings. The van der Waals surface area contributed by atoms with Crippen LogP contribution in [0.3, 0.4) is 0 Å². The summed E-state index contributed by atoms with van der Waals surface area (Å²) < 4.78 is 1.89. The fourth-order valence-corrected chi connectivity index (χ4v) is 2.10. The van der Waals surface area contributed by atoms with Gasteiger partial charge in [0.1, 0.15) is 0 Å². The number of nitrogens with zero attached hydrogens (tertiary/aromatic N) is 3. The van der Waals surface area contributed by atoms with E-state index in [-0.39, 0.29) is 0 Å². The minimum Gasteiger partial charge on any atom is -0.378 e. The molecule has 0 saturated carbocycles. The molecule has 0 radical (unpaired) electrons. The molecule has 0 amide bonds. The summed E-state index contributed by atoms with van der Waals surface area (Å²) in [4.78, 5) is 4.12. The number of aryl methyl sites for hydroxylation is 3. The molecule has 5 heteroatoms. The first-order valence-corrected chi connectivity index (χ1v) is 6.22. The topological polar surface area (TPSA) is 42.7 Å². The first-order valence-electron chi connectivity index (χ1n) is 5.84. The summed E-state index contributed by atoms with van der Waals surface area (Å²) in [5, 5.41) is 8.21. The average molecular weight is 265 g/mol. The highest BCUT2D eigenvalue weighted by atomic mass is 35.5. The first kappa shape index (κ1) is 12.9. The van der Waals surface area contributed by atoms with Crippen LogP contribution in [0.25, 0.3) is 0 Å². The standard InChI is InChI=1S/C13H17ClN4/c1-8-5-12(13(14)16-6-8)15-7-11-9(2)17-18(4)10(11)3/h5-6,15H,7H2,1-4H3. The molecule has 1 N–H and O–H groups in total. The van der Waals surface area contributed by atoms with Gasteiger partial charge in [-0.2, -0.15) is 5.10 Å². The van der Waals surface area contributed by atoms with E-state index in [9.17, 15) is 0 Å². The summed E-state index contributed by atoms with van der Waals surface area (Å²) in [5.41, 5.74) is 5.35. The van der Waals surface area contributed by atoms with Gasteiger partial charge in [-0.25, -0.2) is 4.98 Å². The Labute approximate surface area is 112 Å². The van der Waals surface area contributed by atoms with Crippen molar-refractivity contribution in [1.82, 2.24) is 14.8 Å². The quantitative estimate of drug-likeness (QED) is 0.867. The van der Waals surface area contributed by atoms with E-state index < -0.39 is 0 Å². The van der Waals surface area contributed by atoms with Gasteiger partial charge in [0.15, 0.2) is 5.15 Å². The molecule has 2 heterocycles. The predicted octanol–water partition coefficient (Wildman–Crippen LogP) is 3.01. The van der Waals surface area contributed by atoms with Gasteiger partial charge in [0, 0.05) is 31.0 Å². The molecule has 96 valence electrons. The Morgan fingerprint density at radius 2 is 2.06 bits per heavy atom. The van der Waals surface area contributed by atoms with Gasteiger partial charge in [-0.1, -0.05) is 11.6 Å². The van der Waals surface area contributed by atoms with Gasteiger partial charge in [0.25, 0.3) is 0 Å². The third-order valence-corrected chi connectivity index (χ3v) is 3.39. The zero-order valence-corrected chi connectivity index (χ0v) is 11.8. The number of hydrogen-bond donors (Lipinski definition) is 1. The van der Waals surface area contributed by atoms with Crippen LogP contribution in [0.2, 0.25) is 5.15 Å². The molecule has 0 saturated heterocycles. The summed E-state index contributed by atoms with van der Waals surface area (Å²) in [6.07, 6.45) is 1.76. The molecule has 0 spiro atoms. The summed E-state index contributed by atoms with van der Waals surface area (Å²) in [5.74, 6) is 0. The lowest BCUT2D eigenvalue weighted by molar-refractivity contribution is 0.730. The van der Waals surface area contributed by atoms with Gasteiger partial charge < -0.3 is 5.32 Å². The van der Waals surface area contributed by atoms with E-state index in [0.29, 0.717) is 11.7 Å². The molecule has 4 nitrogen and oxygen atoms in total. The molecule has 0 unspecified atom stereocenters. The third-order valence-electron chi connectivity index (χ3n) is 3.09. The average Bonchev–Trinajstić information content (AvgIpc) is 2.55. The van der Waals surface area contributed by atoms with Gasteiger partial charge in [-0.3, -0.25) is 4.68 Å². The smallest absolute Gasteiger partial charge is 0.152 e. The van der Waals surface area contributed by atoms with Crippen LogP contribution >= 0.6 is 11.6 Å². The van der Waals surface area contributed by atoms with Gasteiger partial charge in [0.05, 0.1) is 11.4 Å². The van der Waals surface area contributed by atoms with Crippen LogP contribution in [-0.4, -0.2) is 14.8 Å². The van der Waals surface area contributed by atoms with Gasteiger partial charge in [-0.15, -0.1) is 0 Å². The lowest BCUT2D eigenvalue weighted by Gasteiger charge is -2.09. The van der Waals surface area contributed by atoms with Crippen molar-refractivity contribution in [3.05, 3.63) is 39.9 Å². The molecule has 2 aromatic heterocycles. The maximum absolute atomic E-state index is 6.05. The lowest BCUT2D eigenvalue weighted by Crippen LogP contribution is -2.03. The fourth-order valence-electron chi connectivity index (χ4n) is 1.93. The summed E-state index contributed by atoms with van der Waals surface area (Å²) >= 11 is 6.05. The Morgan fingerprint density at radius 3 is 2.67 bits per heavy atom. The summed E-state index contributed by atoms with van der Waals surface area (Å²) in [6.45, 7) is 6.78.